The molecule has 0 unspecified atom stereocenters. The lowest BCUT2D eigenvalue weighted by Gasteiger charge is -2.14. The zero-order valence-corrected chi connectivity index (χ0v) is 14.3. The van der Waals surface area contributed by atoms with Gasteiger partial charge in [-0.05, 0) is 36.4 Å². The molecule has 1 aliphatic rings. The first-order valence-corrected chi connectivity index (χ1v) is 9.42. The molecule has 3 aromatic rings. The Kier molecular flexibility index (Phi) is 4.31. The number of thioether (sulfide) groups is 1. The molecule has 6 nitrogen and oxygen atoms in total. The van der Waals surface area contributed by atoms with Gasteiger partial charge in [-0.2, -0.15) is 20.5 Å². The summed E-state index contributed by atoms with van der Waals surface area (Å²) in [6.07, 6.45) is 2.73. The second-order valence-corrected chi connectivity index (χ2v) is 7.03. The molecule has 122 valence electrons. The Balaban J connectivity index is 1.59. The maximum Gasteiger partial charge on any atom is 0.261 e. The van der Waals surface area contributed by atoms with Gasteiger partial charge in [-0.15, -0.1) is 0 Å². The summed E-state index contributed by atoms with van der Waals surface area (Å²) in [5.41, 5.74) is 2.52. The van der Waals surface area contributed by atoms with Crippen LogP contribution >= 0.6 is 23.5 Å². The van der Waals surface area contributed by atoms with E-state index in [0.717, 1.165) is 35.2 Å². The van der Waals surface area contributed by atoms with Crippen LogP contribution in [0, 0.1) is 0 Å². The summed E-state index contributed by atoms with van der Waals surface area (Å²) >= 11 is 2.98. The van der Waals surface area contributed by atoms with E-state index in [1.807, 2.05) is 30.0 Å². The Bertz CT molecular complexity index is 877. The van der Waals surface area contributed by atoms with Crippen LogP contribution in [-0.4, -0.2) is 37.2 Å². The first-order valence-electron chi connectivity index (χ1n) is 7.53. The van der Waals surface area contributed by atoms with Crippen LogP contribution in [0.1, 0.15) is 16.8 Å². The number of benzene rings is 1. The van der Waals surface area contributed by atoms with Crippen molar-refractivity contribution in [1.82, 2.24) is 13.7 Å². The van der Waals surface area contributed by atoms with E-state index < -0.39 is 0 Å². The quantitative estimate of drug-likeness (QED) is 0.772. The number of carbonyl (C=O) groups is 1. The number of nitrogens with zero attached hydrogens (tertiary/aromatic N) is 3. The summed E-state index contributed by atoms with van der Waals surface area (Å²) in [5, 5.41) is 2.89. The van der Waals surface area contributed by atoms with E-state index >= 15 is 0 Å². The van der Waals surface area contributed by atoms with E-state index in [0.29, 0.717) is 22.6 Å². The molecule has 4 rings (SSSR count). The third-order valence-electron chi connectivity index (χ3n) is 3.72. The number of fused-ring (bicyclic) bond motifs is 1. The van der Waals surface area contributed by atoms with Gasteiger partial charge >= 0.3 is 0 Å². The molecule has 0 bridgehead atoms. The number of hydrogen-bond acceptors (Lipinski definition) is 7. The molecule has 24 heavy (non-hydrogen) atoms. The third kappa shape index (κ3) is 3.07. The van der Waals surface area contributed by atoms with Crippen LogP contribution in [0.3, 0.4) is 0 Å². The van der Waals surface area contributed by atoms with Gasteiger partial charge < -0.3 is 10.1 Å². The minimum atomic E-state index is -0.260. The number of amides is 1. The van der Waals surface area contributed by atoms with Crippen molar-refractivity contribution >= 4 is 46.1 Å². The molecule has 8 heteroatoms. The highest BCUT2D eigenvalue weighted by Crippen LogP contribution is 2.26. The van der Waals surface area contributed by atoms with Crippen molar-refractivity contribution in [3.63, 3.8) is 0 Å². The van der Waals surface area contributed by atoms with Crippen LogP contribution < -0.4 is 10.1 Å². The molecular formula is C16H14N4O2S2. The molecule has 1 amide bonds. The van der Waals surface area contributed by atoms with Crippen molar-refractivity contribution in [2.45, 2.75) is 12.5 Å². The molecule has 1 fully saturated rings. The van der Waals surface area contributed by atoms with Gasteiger partial charge in [-0.3, -0.25) is 4.79 Å². The summed E-state index contributed by atoms with van der Waals surface area (Å²) in [6, 6.07) is 8.97. The van der Waals surface area contributed by atoms with Crippen LogP contribution in [0.25, 0.3) is 11.0 Å². The Labute approximate surface area is 147 Å². The molecule has 1 aliphatic heterocycles. The Morgan fingerprint density at radius 3 is 3.08 bits per heavy atom. The second kappa shape index (κ2) is 6.74. The molecule has 1 saturated heterocycles. The Morgan fingerprint density at radius 1 is 1.25 bits per heavy atom. The van der Waals surface area contributed by atoms with Gasteiger partial charge in [0.1, 0.15) is 22.7 Å². The lowest BCUT2D eigenvalue weighted by atomic mass is 10.2. The number of carbonyl (C=O) groups excluding carboxylic acids is 1. The average Bonchev–Trinajstić information content (AvgIpc) is 3.27. The van der Waals surface area contributed by atoms with Crippen molar-refractivity contribution in [3.8, 4) is 5.88 Å². The fourth-order valence-electron chi connectivity index (χ4n) is 2.52. The summed E-state index contributed by atoms with van der Waals surface area (Å²) in [6.45, 7) is 0. The maximum absolute atomic E-state index is 12.7. The molecule has 0 saturated carbocycles. The maximum atomic E-state index is 12.7. The highest BCUT2D eigenvalue weighted by molar-refractivity contribution is 7.99. The van der Waals surface area contributed by atoms with E-state index in [-0.39, 0.29) is 12.0 Å². The first kappa shape index (κ1) is 15.3. The summed E-state index contributed by atoms with van der Waals surface area (Å²) in [7, 11) is 0. The lowest BCUT2D eigenvalue weighted by molar-refractivity contribution is 0.101. The van der Waals surface area contributed by atoms with Crippen molar-refractivity contribution in [2.24, 2.45) is 0 Å². The number of pyridine rings is 1. The minimum absolute atomic E-state index is 0.114. The minimum Gasteiger partial charge on any atom is -0.473 e. The predicted molar refractivity (Wildman–Crippen MR) is 96.0 cm³/mol. The summed E-state index contributed by atoms with van der Waals surface area (Å²) in [4.78, 5) is 16.9. The van der Waals surface area contributed by atoms with Gasteiger partial charge in [0.25, 0.3) is 5.91 Å². The number of nitrogens with one attached hydrogen (secondary N) is 1. The number of aromatic nitrogens is 3. The van der Waals surface area contributed by atoms with E-state index in [2.05, 4.69) is 19.0 Å². The monoisotopic (exact) mass is 358 g/mol. The van der Waals surface area contributed by atoms with Gasteiger partial charge in [0, 0.05) is 11.9 Å². The molecular weight excluding hydrogens is 344 g/mol. The largest absolute Gasteiger partial charge is 0.473 e. The molecule has 0 aliphatic carbocycles. The highest BCUT2D eigenvalue weighted by Gasteiger charge is 2.21. The normalized spacial score (nSPS) is 17.1. The molecule has 2 aromatic heterocycles. The van der Waals surface area contributed by atoms with Crippen molar-refractivity contribution in [3.05, 3.63) is 42.1 Å². The van der Waals surface area contributed by atoms with E-state index in [4.69, 9.17) is 4.74 Å². The van der Waals surface area contributed by atoms with Gasteiger partial charge in [-0.25, -0.2) is 4.98 Å². The zero-order chi connectivity index (χ0) is 16.4. The fourth-order valence-corrected chi connectivity index (χ4v) is 4.16. The highest BCUT2D eigenvalue weighted by atomic mass is 32.2. The van der Waals surface area contributed by atoms with Crippen molar-refractivity contribution < 1.29 is 9.53 Å². The Hall–Kier alpha value is -2.19. The third-order valence-corrected chi connectivity index (χ3v) is 5.39. The van der Waals surface area contributed by atoms with Gasteiger partial charge in [0.2, 0.25) is 5.88 Å². The van der Waals surface area contributed by atoms with Crippen LogP contribution in [0.15, 0.2) is 36.5 Å². The predicted octanol–water partition coefficient (Wildman–Crippen LogP) is 3.22. The number of rotatable bonds is 4. The standard InChI is InChI=1S/C16H14N4O2S2/c21-15(18-12-4-1-5-13-14(12)20-24-19-13)11-3-2-7-17-16(11)22-10-6-8-23-9-10/h1-5,7,10H,6,8-9H2,(H,18,21)/t10-/m1/s1. The number of ether oxygens (including phenoxy) is 1. The Morgan fingerprint density at radius 2 is 2.21 bits per heavy atom. The molecule has 0 spiro atoms. The topological polar surface area (TPSA) is 77.0 Å². The molecule has 3 heterocycles. The number of hydrogen-bond donors (Lipinski definition) is 1. The molecule has 1 N–H and O–H groups in total. The summed E-state index contributed by atoms with van der Waals surface area (Å²) in [5.74, 6) is 2.13. The van der Waals surface area contributed by atoms with Crippen LogP contribution in [0.5, 0.6) is 5.88 Å². The van der Waals surface area contributed by atoms with Crippen molar-refractivity contribution in [2.75, 3.05) is 16.8 Å². The number of anilines is 1. The second-order valence-electron chi connectivity index (χ2n) is 5.35. The lowest BCUT2D eigenvalue weighted by Crippen LogP contribution is -2.20. The fraction of sp³-hybridized carbons (Fsp3) is 0.250. The van der Waals surface area contributed by atoms with Crippen LogP contribution in [-0.2, 0) is 0 Å². The zero-order valence-electron chi connectivity index (χ0n) is 12.6. The average molecular weight is 358 g/mol. The van der Waals surface area contributed by atoms with Gasteiger partial charge in [-0.1, -0.05) is 6.07 Å². The van der Waals surface area contributed by atoms with E-state index in [1.165, 1.54) is 0 Å². The van der Waals surface area contributed by atoms with E-state index in [9.17, 15) is 4.79 Å². The smallest absolute Gasteiger partial charge is 0.261 e. The van der Waals surface area contributed by atoms with Crippen LogP contribution in [0.2, 0.25) is 0 Å². The summed E-state index contributed by atoms with van der Waals surface area (Å²) < 4.78 is 14.3. The van der Waals surface area contributed by atoms with Crippen molar-refractivity contribution in [1.29, 1.82) is 0 Å². The first-order chi connectivity index (χ1) is 11.8. The molecule has 0 radical (unpaired) electrons. The van der Waals surface area contributed by atoms with Gasteiger partial charge in [0.05, 0.1) is 17.4 Å². The SMILES string of the molecule is O=C(Nc1cccc2nsnc12)c1cccnc1O[C@@H]1CCSC1. The molecule has 1 aromatic carbocycles. The van der Waals surface area contributed by atoms with E-state index in [1.54, 1.807) is 18.3 Å². The molecule has 1 atom stereocenters. The van der Waals surface area contributed by atoms with Gasteiger partial charge in [0.15, 0.2) is 0 Å². The van der Waals surface area contributed by atoms with Crippen LogP contribution in [0.4, 0.5) is 5.69 Å².